The fourth-order valence-corrected chi connectivity index (χ4v) is 1.47. The zero-order chi connectivity index (χ0) is 10.9. The molecule has 0 aliphatic heterocycles. The maximum absolute atomic E-state index is 4.38. The molecule has 1 atom stereocenters. The molecule has 1 unspecified atom stereocenters. The fourth-order valence-electron chi connectivity index (χ4n) is 1.34. The van der Waals surface area contributed by atoms with Gasteiger partial charge in [-0.05, 0) is 27.7 Å². The maximum Gasteiger partial charge on any atom is 0.0668 e. The molecule has 78 valence electrons. The Bertz CT molecular complexity index is 362. The Labute approximate surface area is 94.1 Å². The minimum atomic E-state index is 0.418. The van der Waals surface area contributed by atoms with Crippen LogP contribution in [0.3, 0.4) is 0 Å². The van der Waals surface area contributed by atoms with Gasteiger partial charge in [-0.2, -0.15) is 5.10 Å². The average molecular weight is 257 g/mol. The summed E-state index contributed by atoms with van der Waals surface area (Å²) in [6, 6.07) is 0. The lowest BCUT2D eigenvalue weighted by Gasteiger charge is -2.03. The second-order valence-corrected chi connectivity index (χ2v) is 5.09. The van der Waals surface area contributed by atoms with Gasteiger partial charge < -0.3 is 0 Å². The summed E-state index contributed by atoms with van der Waals surface area (Å²) >= 11 is 3.56. The number of alkyl halides is 1. The first kappa shape index (κ1) is 11.5. The summed E-state index contributed by atoms with van der Waals surface area (Å²) in [5.41, 5.74) is 4.88. The van der Waals surface area contributed by atoms with E-state index in [1.165, 1.54) is 16.8 Å². The number of aromatic nitrogens is 2. The minimum Gasteiger partial charge on any atom is -0.272 e. The normalized spacial score (nSPS) is 14.6. The van der Waals surface area contributed by atoms with E-state index in [4.69, 9.17) is 0 Å². The molecule has 0 saturated carbocycles. The number of rotatable bonds is 2. The third-order valence-corrected chi connectivity index (χ3v) is 3.29. The molecule has 0 aliphatic rings. The van der Waals surface area contributed by atoms with E-state index in [-0.39, 0.29) is 0 Å². The lowest BCUT2D eigenvalue weighted by atomic mass is 10.1. The van der Waals surface area contributed by atoms with E-state index in [9.17, 15) is 0 Å². The molecule has 0 fully saturated rings. The van der Waals surface area contributed by atoms with Gasteiger partial charge in [-0.25, -0.2) is 0 Å². The van der Waals surface area contributed by atoms with Crippen molar-refractivity contribution in [3.63, 3.8) is 0 Å². The van der Waals surface area contributed by atoms with Crippen LogP contribution in [0.5, 0.6) is 0 Å². The van der Waals surface area contributed by atoms with Crippen LogP contribution in [0, 0.1) is 13.8 Å². The Morgan fingerprint density at radius 2 is 2.07 bits per heavy atom. The van der Waals surface area contributed by atoms with E-state index in [2.05, 4.69) is 47.9 Å². The highest BCUT2D eigenvalue weighted by Crippen LogP contribution is 2.19. The summed E-state index contributed by atoms with van der Waals surface area (Å²) in [7, 11) is 1.98. The van der Waals surface area contributed by atoms with E-state index < -0.39 is 0 Å². The topological polar surface area (TPSA) is 17.8 Å². The first-order valence-electron chi connectivity index (χ1n) is 4.76. The molecule has 0 N–H and O–H groups in total. The van der Waals surface area contributed by atoms with Gasteiger partial charge in [-0.15, -0.1) is 0 Å². The number of aryl methyl sites for hydroxylation is 2. The highest BCUT2D eigenvalue weighted by atomic mass is 79.9. The smallest absolute Gasteiger partial charge is 0.0668 e. The lowest BCUT2D eigenvalue weighted by molar-refractivity contribution is 0.731. The van der Waals surface area contributed by atoms with Crippen molar-refractivity contribution < 1.29 is 0 Å². The average Bonchev–Trinajstić information content (AvgIpc) is 2.32. The van der Waals surface area contributed by atoms with Gasteiger partial charge in [0.05, 0.1) is 5.69 Å². The number of allylic oxidation sites excluding steroid dienone is 1. The van der Waals surface area contributed by atoms with Gasteiger partial charge in [0.1, 0.15) is 0 Å². The first-order chi connectivity index (χ1) is 6.43. The third-order valence-electron chi connectivity index (χ3n) is 2.56. The van der Waals surface area contributed by atoms with Gasteiger partial charge >= 0.3 is 0 Å². The van der Waals surface area contributed by atoms with E-state index in [0.717, 1.165) is 5.69 Å². The lowest BCUT2D eigenvalue weighted by Crippen LogP contribution is -1.94. The molecule has 1 aromatic heterocycles. The van der Waals surface area contributed by atoms with Crippen molar-refractivity contribution in [2.75, 3.05) is 0 Å². The van der Waals surface area contributed by atoms with Gasteiger partial charge in [0.25, 0.3) is 0 Å². The van der Waals surface area contributed by atoms with E-state index in [0.29, 0.717) is 4.83 Å². The number of hydrogen-bond donors (Lipinski definition) is 0. The predicted octanol–water partition coefficient (Wildman–Crippen LogP) is 3.22. The number of nitrogens with zero attached hydrogens (tertiary/aromatic N) is 2. The second-order valence-electron chi connectivity index (χ2n) is 3.71. The summed E-state index contributed by atoms with van der Waals surface area (Å²) in [5.74, 6) is 0. The maximum atomic E-state index is 4.38. The van der Waals surface area contributed by atoms with Gasteiger partial charge in [0.15, 0.2) is 0 Å². The highest BCUT2D eigenvalue weighted by molar-refractivity contribution is 9.09. The molecule has 2 nitrogen and oxygen atoms in total. The van der Waals surface area contributed by atoms with Gasteiger partial charge in [0, 0.05) is 23.1 Å². The van der Waals surface area contributed by atoms with Crippen molar-refractivity contribution in [3.8, 4) is 0 Å². The molecule has 0 bridgehead atoms. The SMILES string of the molecule is C/C(=C\c1c(C)nn(C)c1C)C(C)Br. The van der Waals surface area contributed by atoms with Crippen LogP contribution in [-0.2, 0) is 7.05 Å². The molecular formula is C11H17BrN2. The van der Waals surface area contributed by atoms with Crippen LogP contribution in [0.15, 0.2) is 5.57 Å². The van der Waals surface area contributed by atoms with Gasteiger partial charge in [-0.3, -0.25) is 4.68 Å². The summed E-state index contributed by atoms with van der Waals surface area (Å²) in [5, 5.41) is 4.38. The molecule has 0 amide bonds. The summed E-state index contributed by atoms with van der Waals surface area (Å²) in [4.78, 5) is 0.418. The van der Waals surface area contributed by atoms with Crippen molar-refractivity contribution in [1.82, 2.24) is 9.78 Å². The van der Waals surface area contributed by atoms with E-state index in [1.807, 2.05) is 18.7 Å². The van der Waals surface area contributed by atoms with Crippen molar-refractivity contribution in [3.05, 3.63) is 22.5 Å². The Balaban J connectivity index is 3.14. The van der Waals surface area contributed by atoms with Crippen LogP contribution in [0.25, 0.3) is 6.08 Å². The Kier molecular flexibility index (Phi) is 3.53. The summed E-state index contributed by atoms with van der Waals surface area (Å²) < 4.78 is 1.92. The monoisotopic (exact) mass is 256 g/mol. The predicted molar refractivity (Wildman–Crippen MR) is 64.7 cm³/mol. The van der Waals surface area contributed by atoms with E-state index in [1.54, 1.807) is 0 Å². The summed E-state index contributed by atoms with van der Waals surface area (Å²) in [6.45, 7) is 8.40. The fraction of sp³-hybridized carbons (Fsp3) is 0.545. The van der Waals surface area contributed by atoms with Crippen LogP contribution in [-0.4, -0.2) is 14.6 Å². The molecule has 0 spiro atoms. The molecule has 3 heteroatoms. The van der Waals surface area contributed by atoms with Crippen LogP contribution < -0.4 is 0 Å². The molecule has 1 aromatic rings. The van der Waals surface area contributed by atoms with Gasteiger partial charge in [-0.1, -0.05) is 27.6 Å². The highest BCUT2D eigenvalue weighted by Gasteiger charge is 2.08. The first-order valence-corrected chi connectivity index (χ1v) is 5.67. The Morgan fingerprint density at radius 1 is 1.50 bits per heavy atom. The molecular weight excluding hydrogens is 240 g/mol. The quantitative estimate of drug-likeness (QED) is 0.744. The zero-order valence-corrected chi connectivity index (χ0v) is 11.0. The molecule has 0 aliphatic carbocycles. The largest absolute Gasteiger partial charge is 0.272 e. The summed E-state index contributed by atoms with van der Waals surface area (Å²) in [6.07, 6.45) is 2.21. The molecule has 0 radical (unpaired) electrons. The number of halogens is 1. The van der Waals surface area contributed by atoms with Crippen LogP contribution >= 0.6 is 15.9 Å². The molecule has 0 saturated heterocycles. The van der Waals surface area contributed by atoms with Crippen molar-refractivity contribution >= 4 is 22.0 Å². The van der Waals surface area contributed by atoms with Crippen molar-refractivity contribution in [2.45, 2.75) is 32.5 Å². The van der Waals surface area contributed by atoms with Crippen LogP contribution in [0.2, 0.25) is 0 Å². The Hall–Kier alpha value is -0.570. The third kappa shape index (κ3) is 2.27. The number of hydrogen-bond acceptors (Lipinski definition) is 1. The van der Waals surface area contributed by atoms with Crippen LogP contribution in [0.4, 0.5) is 0 Å². The molecule has 14 heavy (non-hydrogen) atoms. The molecule has 0 aromatic carbocycles. The van der Waals surface area contributed by atoms with Crippen molar-refractivity contribution in [2.24, 2.45) is 7.05 Å². The molecule has 1 rings (SSSR count). The van der Waals surface area contributed by atoms with Crippen molar-refractivity contribution in [1.29, 1.82) is 0 Å². The molecule has 1 heterocycles. The minimum absolute atomic E-state index is 0.418. The van der Waals surface area contributed by atoms with Crippen LogP contribution in [0.1, 0.15) is 30.8 Å². The second kappa shape index (κ2) is 4.30. The zero-order valence-electron chi connectivity index (χ0n) is 9.43. The van der Waals surface area contributed by atoms with E-state index >= 15 is 0 Å². The van der Waals surface area contributed by atoms with Gasteiger partial charge in [0.2, 0.25) is 0 Å². The standard InChI is InChI=1S/C11H17BrN2/c1-7(8(2)12)6-11-9(3)13-14(5)10(11)4/h6,8H,1-5H3/b7-6+. The Morgan fingerprint density at radius 3 is 2.43 bits per heavy atom.